The molecule has 1 fully saturated rings. The lowest BCUT2D eigenvalue weighted by Crippen LogP contribution is -2.28. The number of methoxy groups -OCH3 is 1. The largest absolute Gasteiger partial charge is 0.495 e. The van der Waals surface area contributed by atoms with Gasteiger partial charge in [-0.25, -0.2) is 14.4 Å². The van der Waals surface area contributed by atoms with Crippen molar-refractivity contribution in [2.24, 2.45) is 0 Å². The van der Waals surface area contributed by atoms with Gasteiger partial charge in [-0.05, 0) is 64.5 Å². The molecule has 1 aromatic heterocycles. The Morgan fingerprint density at radius 1 is 1.18 bits per heavy atom. The molecule has 1 amide bonds. The molecule has 4 rings (SSSR count). The molecule has 0 aliphatic heterocycles. The Balaban J connectivity index is 1.63. The third-order valence-corrected chi connectivity index (χ3v) is 8.49. The van der Waals surface area contributed by atoms with Crippen molar-refractivity contribution in [3.8, 4) is 17.6 Å². The van der Waals surface area contributed by atoms with Gasteiger partial charge in [0.1, 0.15) is 12.9 Å². The maximum Gasteiger partial charge on any atom is 0.247 e. The minimum absolute atomic E-state index is 0.151. The molecule has 11 heteroatoms. The number of carbonyl (C=O) groups excluding carboxylic acids is 1. The fourth-order valence-corrected chi connectivity index (χ4v) is 5.52. The highest BCUT2D eigenvalue weighted by molar-refractivity contribution is 7.70. The molecule has 0 atom stereocenters. The van der Waals surface area contributed by atoms with Gasteiger partial charge in [-0.1, -0.05) is 30.6 Å². The molecule has 0 spiro atoms. The van der Waals surface area contributed by atoms with Crippen molar-refractivity contribution in [2.45, 2.75) is 18.4 Å². The smallest absolute Gasteiger partial charge is 0.247 e. The summed E-state index contributed by atoms with van der Waals surface area (Å²) in [6.07, 6.45) is 6.29. The predicted octanol–water partition coefficient (Wildman–Crippen LogP) is 5.34. The van der Waals surface area contributed by atoms with Gasteiger partial charge in [0.25, 0.3) is 0 Å². The second kappa shape index (κ2) is 11.7. The fourth-order valence-electron chi connectivity index (χ4n) is 4.06. The summed E-state index contributed by atoms with van der Waals surface area (Å²) in [4.78, 5) is 23.1. The third kappa shape index (κ3) is 6.48. The van der Waals surface area contributed by atoms with E-state index in [1.807, 2.05) is 26.2 Å². The highest BCUT2D eigenvalue weighted by Crippen LogP contribution is 2.41. The summed E-state index contributed by atoms with van der Waals surface area (Å²) in [6.45, 7) is 6.94. The number of anilines is 5. The highest BCUT2D eigenvalue weighted by Gasteiger charge is 2.43. The van der Waals surface area contributed by atoms with Crippen LogP contribution in [-0.2, 0) is 9.36 Å². The van der Waals surface area contributed by atoms with E-state index < -0.39 is 7.14 Å². The van der Waals surface area contributed by atoms with E-state index in [1.165, 1.54) is 10.5 Å². The Kier molecular flexibility index (Phi) is 8.55. The molecule has 3 aromatic rings. The van der Waals surface area contributed by atoms with Crippen LogP contribution < -0.4 is 25.1 Å². The average molecular weight is 579 g/mol. The maximum absolute atomic E-state index is 12.8. The van der Waals surface area contributed by atoms with Crippen LogP contribution in [0.2, 0.25) is 0 Å². The van der Waals surface area contributed by atoms with Gasteiger partial charge in [-0.15, -0.1) is 0 Å². The first-order valence-corrected chi connectivity index (χ1v) is 15.5. The Morgan fingerprint density at radius 2 is 1.85 bits per heavy atom. The van der Waals surface area contributed by atoms with Crippen LogP contribution in [0.25, 0.3) is 0 Å². The Bertz CT molecular complexity index is 1540. The molecule has 1 saturated carbocycles. The van der Waals surface area contributed by atoms with Crippen LogP contribution in [-0.4, -0.2) is 60.8 Å². The molecule has 9 nitrogen and oxygen atoms in total. The first-order chi connectivity index (χ1) is 19.0. The molecule has 1 aliphatic rings. The van der Waals surface area contributed by atoms with E-state index in [0.29, 0.717) is 39.4 Å². The number of amides is 1. The van der Waals surface area contributed by atoms with Crippen molar-refractivity contribution < 1.29 is 14.1 Å². The number of nitrogens with zero attached hydrogens (tertiary/aromatic N) is 4. The van der Waals surface area contributed by atoms with Crippen molar-refractivity contribution in [1.29, 1.82) is 0 Å². The van der Waals surface area contributed by atoms with E-state index in [-0.39, 0.29) is 17.4 Å². The number of rotatable bonds is 9. The van der Waals surface area contributed by atoms with E-state index in [9.17, 15) is 9.36 Å². The Morgan fingerprint density at radius 3 is 2.42 bits per heavy atom. The number of halogens is 1. The number of para-hydroxylation sites is 1. The molecule has 0 radical (unpaired) electrons. The summed E-state index contributed by atoms with van der Waals surface area (Å²) < 4.78 is 19.8. The summed E-state index contributed by atoms with van der Waals surface area (Å²) >= 11 is 6.62. The topological polar surface area (TPSA) is 99.7 Å². The molecule has 2 aromatic carbocycles. The first kappa shape index (κ1) is 29.2. The van der Waals surface area contributed by atoms with Crippen LogP contribution in [0.5, 0.6) is 5.75 Å². The lowest BCUT2D eigenvalue weighted by atomic mass is 10.1. The van der Waals surface area contributed by atoms with Gasteiger partial charge in [0.2, 0.25) is 11.9 Å². The number of hydrogen-bond donors (Lipinski definition) is 2. The molecular weight excluding hydrogens is 547 g/mol. The van der Waals surface area contributed by atoms with E-state index in [0.717, 1.165) is 12.8 Å². The van der Waals surface area contributed by atoms with Crippen LogP contribution >= 0.6 is 18.9 Å². The number of ether oxygens (including phenoxy) is 1. The molecule has 0 bridgehead atoms. The number of nitrogens with one attached hydrogen (secondary N) is 2. The molecule has 0 unspecified atom stereocenters. The molecule has 208 valence electrons. The zero-order valence-electron chi connectivity index (χ0n) is 23.2. The van der Waals surface area contributed by atoms with E-state index >= 15 is 0 Å². The fraction of sp³-hybridized carbons (Fsp3) is 0.276. The minimum Gasteiger partial charge on any atom is -0.495 e. The van der Waals surface area contributed by atoms with Crippen LogP contribution in [0.4, 0.5) is 28.7 Å². The summed E-state index contributed by atoms with van der Waals surface area (Å²) in [5.41, 5.74) is 2.59. The summed E-state index contributed by atoms with van der Waals surface area (Å²) in [7, 11) is 3.00. The van der Waals surface area contributed by atoms with Gasteiger partial charge in [0, 0.05) is 23.1 Å². The van der Waals surface area contributed by atoms with Gasteiger partial charge < -0.3 is 19.9 Å². The molecule has 0 saturated heterocycles. The number of carbonyl (C=O) groups is 1. The standard InChI is InChI=1S/C29H32ClN6O3P/c1-7-27(37)33-22-17-23(25(39-4)16-20(22)12-13-29(14-15-29)35(2)3)34-28-31-18-21(19-32-28)36(30)24-10-8-9-11-26(24)40(5,6)38/h7-11,16-19H,1,14-15H2,2-6H3,(H,33,37)(H,31,32,34). The number of aromatic nitrogens is 2. The monoisotopic (exact) mass is 578 g/mol. The minimum atomic E-state index is -2.57. The van der Waals surface area contributed by atoms with Crippen molar-refractivity contribution in [3.05, 3.63) is 67.0 Å². The normalized spacial score (nSPS) is 13.6. The number of hydrogen-bond acceptors (Lipinski definition) is 8. The van der Waals surface area contributed by atoms with E-state index in [1.54, 1.807) is 57.1 Å². The highest BCUT2D eigenvalue weighted by atomic mass is 35.5. The van der Waals surface area contributed by atoms with Crippen LogP contribution in [0.15, 0.2) is 61.4 Å². The Hall–Kier alpha value is -3.83. The number of benzene rings is 2. The third-order valence-electron chi connectivity index (χ3n) is 6.58. The van der Waals surface area contributed by atoms with Crippen molar-refractivity contribution in [3.63, 3.8) is 0 Å². The van der Waals surface area contributed by atoms with Gasteiger partial charge in [0.15, 0.2) is 0 Å². The second-order valence-corrected chi connectivity index (χ2v) is 13.5. The molecule has 1 aliphatic carbocycles. The lowest BCUT2D eigenvalue weighted by Gasteiger charge is -2.21. The molecule has 2 N–H and O–H groups in total. The summed E-state index contributed by atoms with van der Waals surface area (Å²) in [6, 6.07) is 10.7. The van der Waals surface area contributed by atoms with Crippen molar-refractivity contribution in [2.75, 3.05) is 49.6 Å². The summed E-state index contributed by atoms with van der Waals surface area (Å²) in [5, 5.41) is 6.63. The van der Waals surface area contributed by atoms with Gasteiger partial charge >= 0.3 is 0 Å². The first-order valence-electron chi connectivity index (χ1n) is 12.5. The predicted molar refractivity (Wildman–Crippen MR) is 163 cm³/mol. The van der Waals surface area contributed by atoms with Crippen molar-refractivity contribution >= 4 is 58.8 Å². The average Bonchev–Trinajstić information content (AvgIpc) is 3.73. The van der Waals surface area contributed by atoms with Gasteiger partial charge in [0.05, 0.1) is 53.4 Å². The zero-order valence-corrected chi connectivity index (χ0v) is 24.8. The SMILES string of the molecule is C=CC(=O)Nc1cc(Nc2ncc(N(Cl)c3ccccc3P(C)(C)=O)cn2)c(OC)cc1C#CC1(N(C)C)CC1. The van der Waals surface area contributed by atoms with Gasteiger partial charge in [-0.3, -0.25) is 9.69 Å². The van der Waals surface area contributed by atoms with Crippen LogP contribution in [0, 0.1) is 11.8 Å². The second-order valence-electron chi connectivity index (χ2n) is 9.98. The quantitative estimate of drug-likeness (QED) is 0.152. The zero-order chi connectivity index (χ0) is 29.1. The van der Waals surface area contributed by atoms with Gasteiger partial charge in [-0.2, -0.15) is 0 Å². The maximum atomic E-state index is 12.8. The molecule has 40 heavy (non-hydrogen) atoms. The Labute approximate surface area is 240 Å². The lowest BCUT2D eigenvalue weighted by molar-refractivity contribution is -0.111. The molecular formula is C29H32ClN6O3P. The summed E-state index contributed by atoms with van der Waals surface area (Å²) in [5.74, 6) is 6.98. The van der Waals surface area contributed by atoms with E-state index in [2.05, 4.69) is 43.9 Å². The van der Waals surface area contributed by atoms with Crippen molar-refractivity contribution in [1.82, 2.24) is 14.9 Å². The van der Waals surface area contributed by atoms with Crippen LogP contribution in [0.3, 0.4) is 0 Å². The molecule has 1 heterocycles. The van der Waals surface area contributed by atoms with Crippen LogP contribution in [0.1, 0.15) is 18.4 Å². The van der Waals surface area contributed by atoms with E-state index in [4.69, 9.17) is 16.5 Å².